The van der Waals surface area contributed by atoms with Crippen molar-refractivity contribution in [2.24, 2.45) is 7.05 Å². The van der Waals surface area contributed by atoms with Crippen LogP contribution in [-0.2, 0) is 7.05 Å². The molecule has 4 heteroatoms. The summed E-state index contributed by atoms with van der Waals surface area (Å²) in [7, 11) is 1.88. The van der Waals surface area contributed by atoms with Crippen molar-refractivity contribution in [1.82, 2.24) is 9.78 Å². The third kappa shape index (κ3) is 1.04. The fraction of sp³-hybridized carbons (Fsp3) is 0.125. The number of hydrogen-bond acceptors (Lipinski definition) is 1. The molecule has 0 fully saturated rings. The monoisotopic (exact) mass is 244 g/mol. The first-order chi connectivity index (χ1) is 5.70. The highest BCUT2D eigenvalue weighted by atomic mass is 79.9. The third-order valence-electron chi connectivity index (χ3n) is 1.78. The number of aromatic nitrogens is 2. The SMILES string of the molecule is Cn1nc(Cl)c2c(Br)cccc21. The van der Waals surface area contributed by atoms with Crippen molar-refractivity contribution < 1.29 is 0 Å². The van der Waals surface area contributed by atoms with Crippen LogP contribution in [0.2, 0.25) is 5.15 Å². The molecular weight excluding hydrogens is 239 g/mol. The number of aryl methyl sites for hydroxylation is 1. The van der Waals surface area contributed by atoms with Gasteiger partial charge in [-0.3, -0.25) is 4.68 Å². The van der Waals surface area contributed by atoms with Gasteiger partial charge in [-0.2, -0.15) is 5.10 Å². The molecule has 0 radical (unpaired) electrons. The van der Waals surface area contributed by atoms with Gasteiger partial charge in [0.15, 0.2) is 5.15 Å². The van der Waals surface area contributed by atoms with Crippen LogP contribution in [0.4, 0.5) is 0 Å². The summed E-state index contributed by atoms with van der Waals surface area (Å²) in [6, 6.07) is 5.90. The van der Waals surface area contributed by atoms with E-state index in [-0.39, 0.29) is 0 Å². The average molecular weight is 246 g/mol. The summed E-state index contributed by atoms with van der Waals surface area (Å²) in [5, 5.41) is 5.62. The van der Waals surface area contributed by atoms with E-state index in [1.807, 2.05) is 25.2 Å². The summed E-state index contributed by atoms with van der Waals surface area (Å²) in [6.07, 6.45) is 0. The molecule has 2 aromatic rings. The van der Waals surface area contributed by atoms with Crippen molar-refractivity contribution in [2.75, 3.05) is 0 Å². The lowest BCUT2D eigenvalue weighted by Crippen LogP contribution is -1.87. The van der Waals surface area contributed by atoms with Gasteiger partial charge < -0.3 is 0 Å². The largest absolute Gasteiger partial charge is 0.266 e. The van der Waals surface area contributed by atoms with E-state index >= 15 is 0 Å². The second-order valence-electron chi connectivity index (χ2n) is 2.55. The van der Waals surface area contributed by atoms with Gasteiger partial charge in [0.1, 0.15) is 0 Å². The average Bonchev–Trinajstić information content (AvgIpc) is 2.29. The molecule has 1 heterocycles. The van der Waals surface area contributed by atoms with E-state index in [9.17, 15) is 0 Å². The van der Waals surface area contributed by atoms with Crippen molar-refractivity contribution in [3.05, 3.63) is 27.8 Å². The van der Waals surface area contributed by atoms with Gasteiger partial charge in [0.25, 0.3) is 0 Å². The minimum atomic E-state index is 0.542. The second-order valence-corrected chi connectivity index (χ2v) is 3.76. The first-order valence-electron chi connectivity index (χ1n) is 3.47. The zero-order chi connectivity index (χ0) is 8.72. The van der Waals surface area contributed by atoms with E-state index in [1.165, 1.54) is 0 Å². The van der Waals surface area contributed by atoms with E-state index in [1.54, 1.807) is 4.68 Å². The summed E-state index contributed by atoms with van der Waals surface area (Å²) >= 11 is 9.34. The number of rotatable bonds is 0. The van der Waals surface area contributed by atoms with Gasteiger partial charge in [0.05, 0.1) is 10.9 Å². The van der Waals surface area contributed by atoms with Crippen LogP contribution in [-0.4, -0.2) is 9.78 Å². The Morgan fingerprint density at radius 1 is 1.50 bits per heavy atom. The smallest absolute Gasteiger partial charge is 0.160 e. The van der Waals surface area contributed by atoms with Gasteiger partial charge in [-0.15, -0.1) is 0 Å². The molecule has 0 spiro atoms. The van der Waals surface area contributed by atoms with Gasteiger partial charge in [-0.05, 0) is 28.1 Å². The Morgan fingerprint density at radius 3 is 2.92 bits per heavy atom. The Kier molecular flexibility index (Phi) is 1.85. The van der Waals surface area contributed by atoms with Crippen molar-refractivity contribution >= 4 is 38.4 Å². The highest BCUT2D eigenvalue weighted by molar-refractivity contribution is 9.10. The predicted molar refractivity (Wildman–Crippen MR) is 53.4 cm³/mol. The third-order valence-corrected chi connectivity index (χ3v) is 2.71. The zero-order valence-electron chi connectivity index (χ0n) is 6.38. The quantitative estimate of drug-likeness (QED) is 0.698. The van der Waals surface area contributed by atoms with Crippen LogP contribution in [0.5, 0.6) is 0 Å². The molecule has 0 aliphatic heterocycles. The Hall–Kier alpha value is -0.540. The second kappa shape index (κ2) is 2.75. The van der Waals surface area contributed by atoms with Gasteiger partial charge in [0, 0.05) is 11.5 Å². The normalized spacial score (nSPS) is 10.9. The van der Waals surface area contributed by atoms with Gasteiger partial charge in [-0.25, -0.2) is 0 Å². The van der Waals surface area contributed by atoms with Gasteiger partial charge >= 0.3 is 0 Å². The molecule has 0 aliphatic carbocycles. The Bertz CT molecular complexity index is 436. The van der Waals surface area contributed by atoms with E-state index in [0.29, 0.717) is 5.15 Å². The first-order valence-corrected chi connectivity index (χ1v) is 4.64. The summed E-state index contributed by atoms with van der Waals surface area (Å²) in [5.74, 6) is 0. The summed E-state index contributed by atoms with van der Waals surface area (Å²) in [5.41, 5.74) is 1.04. The molecule has 0 atom stereocenters. The Balaban J connectivity index is 2.99. The van der Waals surface area contributed by atoms with E-state index < -0.39 is 0 Å². The standard InChI is InChI=1S/C8H6BrClN2/c1-12-6-4-2-3-5(9)7(6)8(10)11-12/h2-4H,1H3. The molecule has 1 aromatic carbocycles. The molecule has 0 aliphatic rings. The van der Waals surface area contributed by atoms with Crippen molar-refractivity contribution in [2.45, 2.75) is 0 Å². The van der Waals surface area contributed by atoms with Crippen molar-refractivity contribution in [3.8, 4) is 0 Å². The lowest BCUT2D eigenvalue weighted by atomic mass is 10.3. The molecular formula is C8H6BrClN2. The zero-order valence-corrected chi connectivity index (χ0v) is 8.72. The first kappa shape index (κ1) is 8.08. The Morgan fingerprint density at radius 2 is 2.25 bits per heavy atom. The summed E-state index contributed by atoms with van der Waals surface area (Å²) in [4.78, 5) is 0. The van der Waals surface area contributed by atoms with E-state index in [4.69, 9.17) is 11.6 Å². The molecule has 12 heavy (non-hydrogen) atoms. The molecule has 0 N–H and O–H groups in total. The molecule has 2 nitrogen and oxygen atoms in total. The Labute approximate surface area is 83.3 Å². The highest BCUT2D eigenvalue weighted by Gasteiger charge is 2.07. The summed E-state index contributed by atoms with van der Waals surface area (Å²) < 4.78 is 2.75. The van der Waals surface area contributed by atoms with Gasteiger partial charge in [0.2, 0.25) is 0 Å². The molecule has 1 aromatic heterocycles. The topological polar surface area (TPSA) is 17.8 Å². The van der Waals surface area contributed by atoms with E-state index in [0.717, 1.165) is 15.4 Å². The maximum absolute atomic E-state index is 5.92. The lowest BCUT2D eigenvalue weighted by Gasteiger charge is -1.93. The fourth-order valence-electron chi connectivity index (χ4n) is 1.22. The van der Waals surface area contributed by atoms with Crippen LogP contribution in [0.15, 0.2) is 22.7 Å². The molecule has 0 bridgehead atoms. The summed E-state index contributed by atoms with van der Waals surface area (Å²) in [6.45, 7) is 0. The molecule has 0 saturated heterocycles. The number of halogens is 2. The van der Waals surface area contributed by atoms with Crippen molar-refractivity contribution in [3.63, 3.8) is 0 Å². The molecule has 0 saturated carbocycles. The molecule has 2 rings (SSSR count). The van der Waals surface area contributed by atoms with E-state index in [2.05, 4.69) is 21.0 Å². The number of nitrogens with zero attached hydrogens (tertiary/aromatic N) is 2. The van der Waals surface area contributed by atoms with Crippen LogP contribution in [0.3, 0.4) is 0 Å². The maximum Gasteiger partial charge on any atom is 0.160 e. The molecule has 0 amide bonds. The molecule has 0 unspecified atom stereocenters. The maximum atomic E-state index is 5.92. The van der Waals surface area contributed by atoms with Crippen LogP contribution < -0.4 is 0 Å². The van der Waals surface area contributed by atoms with Crippen LogP contribution in [0.25, 0.3) is 10.9 Å². The van der Waals surface area contributed by atoms with Crippen LogP contribution in [0.1, 0.15) is 0 Å². The number of hydrogen-bond donors (Lipinski definition) is 0. The fourth-order valence-corrected chi connectivity index (χ4v) is 2.19. The molecule has 62 valence electrons. The number of fused-ring (bicyclic) bond motifs is 1. The van der Waals surface area contributed by atoms with Crippen LogP contribution in [0, 0.1) is 0 Å². The highest BCUT2D eigenvalue weighted by Crippen LogP contribution is 2.29. The number of benzene rings is 1. The predicted octanol–water partition coefficient (Wildman–Crippen LogP) is 2.99. The minimum Gasteiger partial charge on any atom is -0.266 e. The van der Waals surface area contributed by atoms with Crippen LogP contribution >= 0.6 is 27.5 Å². The van der Waals surface area contributed by atoms with Crippen molar-refractivity contribution in [1.29, 1.82) is 0 Å². The minimum absolute atomic E-state index is 0.542. The van der Waals surface area contributed by atoms with Gasteiger partial charge in [-0.1, -0.05) is 17.7 Å². The lowest BCUT2D eigenvalue weighted by molar-refractivity contribution is 0.797.